The zero-order valence-electron chi connectivity index (χ0n) is 27.0. The van der Waals surface area contributed by atoms with Crippen molar-refractivity contribution in [3.05, 3.63) is 29.8 Å². The third kappa shape index (κ3) is 7.39. The fraction of sp³-hybridized carbons (Fsp3) is 0.800. The molecule has 0 amide bonds. The molecule has 6 rings (SSSR count). The van der Waals surface area contributed by atoms with E-state index in [1.165, 1.54) is 12.1 Å². The Labute approximate surface area is 286 Å². The van der Waals surface area contributed by atoms with Crippen molar-refractivity contribution < 1.29 is 73.6 Å². The van der Waals surface area contributed by atoms with E-state index < -0.39 is 129 Å². The number of aliphatic hydroxyl groups is 6. The Bertz CT molecular complexity index is 1260. The summed E-state index contributed by atoms with van der Waals surface area (Å²) in [6.45, 7) is -0.824. The molecular formula is C30H49N5O15. The Balaban J connectivity index is 1.13. The summed E-state index contributed by atoms with van der Waals surface area (Å²) in [4.78, 5) is 0. The number of aromatic hydroxyl groups is 1. The van der Waals surface area contributed by atoms with Crippen LogP contribution in [0.1, 0.15) is 18.3 Å². The Hall–Kier alpha value is -1.74. The van der Waals surface area contributed by atoms with Gasteiger partial charge >= 0.3 is 0 Å². The van der Waals surface area contributed by atoms with E-state index in [9.17, 15) is 35.7 Å². The lowest BCUT2D eigenvalue weighted by Gasteiger charge is -2.49. The smallest absolute Gasteiger partial charge is 0.187 e. The van der Waals surface area contributed by atoms with Crippen molar-refractivity contribution in [1.29, 1.82) is 0 Å². The summed E-state index contributed by atoms with van der Waals surface area (Å²) in [6, 6.07) is 2.06. The molecule has 17 N–H and O–H groups in total. The monoisotopic (exact) mass is 719 g/mol. The van der Waals surface area contributed by atoms with Crippen molar-refractivity contribution in [2.45, 2.75) is 129 Å². The number of benzene rings is 1. The van der Waals surface area contributed by atoms with E-state index >= 15 is 0 Å². The molecule has 5 aliphatic rings. The number of phenolic OH excluding ortho intramolecular Hbond substituents is 1. The fourth-order valence-corrected chi connectivity index (χ4v) is 7.01. The molecule has 0 unspecified atom stereocenters. The van der Waals surface area contributed by atoms with Crippen LogP contribution in [-0.4, -0.2) is 172 Å². The zero-order valence-corrected chi connectivity index (χ0v) is 27.0. The average Bonchev–Trinajstić information content (AvgIpc) is 3.40. The van der Waals surface area contributed by atoms with Crippen molar-refractivity contribution >= 4 is 0 Å². The average molecular weight is 720 g/mol. The number of fused-ring (bicyclic) bond motifs is 1. The van der Waals surface area contributed by atoms with E-state index in [4.69, 9.17) is 66.6 Å². The van der Waals surface area contributed by atoms with Crippen molar-refractivity contribution in [2.24, 2.45) is 28.7 Å². The highest BCUT2D eigenvalue weighted by Crippen LogP contribution is 2.37. The van der Waals surface area contributed by atoms with E-state index in [-0.39, 0.29) is 25.3 Å². The van der Waals surface area contributed by atoms with E-state index in [1.54, 1.807) is 12.1 Å². The molecule has 20 nitrogen and oxygen atoms in total. The number of hydrogen-bond donors (Lipinski definition) is 12. The van der Waals surface area contributed by atoms with Crippen molar-refractivity contribution in [3.8, 4) is 5.75 Å². The number of aliphatic hydroxyl groups excluding tert-OH is 6. The third-order valence-electron chi connectivity index (χ3n) is 9.97. The molecule has 20 atom stereocenters. The van der Waals surface area contributed by atoms with Crippen LogP contribution in [0.25, 0.3) is 0 Å². The normalized spacial score (nSPS) is 49.8. The first-order valence-corrected chi connectivity index (χ1v) is 16.5. The molecule has 4 saturated heterocycles. The van der Waals surface area contributed by atoms with Gasteiger partial charge in [-0.25, -0.2) is 0 Å². The van der Waals surface area contributed by atoms with Crippen LogP contribution in [0.15, 0.2) is 24.3 Å². The summed E-state index contributed by atoms with van der Waals surface area (Å²) in [5, 5.41) is 73.9. The second-order valence-corrected chi connectivity index (χ2v) is 13.4. The quantitative estimate of drug-likeness (QED) is 0.113. The van der Waals surface area contributed by atoms with Gasteiger partial charge in [-0.15, -0.1) is 0 Å². The molecule has 1 aromatic carbocycles. The summed E-state index contributed by atoms with van der Waals surface area (Å²) in [5.41, 5.74) is 31.3. The van der Waals surface area contributed by atoms with Crippen molar-refractivity contribution in [1.82, 2.24) is 0 Å². The lowest BCUT2D eigenvalue weighted by atomic mass is 9.84. The Morgan fingerprint density at radius 3 is 1.96 bits per heavy atom. The molecule has 20 heteroatoms. The highest BCUT2D eigenvalue weighted by atomic mass is 16.8. The highest BCUT2D eigenvalue weighted by Gasteiger charge is 2.55. The molecule has 4 aliphatic heterocycles. The molecule has 0 radical (unpaired) electrons. The molecule has 0 bridgehead atoms. The standard InChI is InChI=1S/C30H49N5O15/c31-6-13-19(39)20(40)16(34)28(44-13)49-24-14(7-36)45-30(22(24)42)50-26-18(38)11(32)5-12(33)23(26)47-29-17(35)21(41)25-15(46-29)8-43-27(48-25)9-1-3-10(37)4-2-9/h1-4,11-30,36-42H,5-8,31-35H2/t11-,12+,13+,14-,15-,16-,17-,18+,19-,20-,21-,22-,23-,24-,25-,26-,27-,28-,29-,30+/m1/s1. The molecule has 1 aromatic rings. The van der Waals surface area contributed by atoms with Crippen LogP contribution in [0.2, 0.25) is 0 Å². The summed E-state index contributed by atoms with van der Waals surface area (Å²) < 4.78 is 47.4. The Kier molecular flexibility index (Phi) is 11.9. The molecule has 0 spiro atoms. The molecular weight excluding hydrogens is 670 g/mol. The maximum Gasteiger partial charge on any atom is 0.187 e. The van der Waals surface area contributed by atoms with Gasteiger partial charge in [0.2, 0.25) is 0 Å². The van der Waals surface area contributed by atoms with E-state index in [0.29, 0.717) is 5.56 Å². The second-order valence-electron chi connectivity index (χ2n) is 13.4. The van der Waals surface area contributed by atoms with Crippen LogP contribution in [-0.2, 0) is 37.9 Å². The maximum absolute atomic E-state index is 11.3. The summed E-state index contributed by atoms with van der Waals surface area (Å²) in [6.07, 6.45) is -19.8. The van der Waals surface area contributed by atoms with Crippen LogP contribution < -0.4 is 28.7 Å². The lowest BCUT2D eigenvalue weighted by molar-refractivity contribution is -0.356. The highest BCUT2D eigenvalue weighted by molar-refractivity contribution is 5.27. The first-order chi connectivity index (χ1) is 23.8. The lowest BCUT2D eigenvalue weighted by Crippen LogP contribution is -2.69. The van der Waals surface area contributed by atoms with Crippen LogP contribution in [0.5, 0.6) is 5.75 Å². The minimum atomic E-state index is -1.61. The predicted octanol–water partition coefficient (Wildman–Crippen LogP) is -6.40. The minimum absolute atomic E-state index is 0.00752. The van der Waals surface area contributed by atoms with Gasteiger partial charge in [0.05, 0.1) is 31.4 Å². The first kappa shape index (κ1) is 38.0. The summed E-state index contributed by atoms with van der Waals surface area (Å²) >= 11 is 0. The van der Waals surface area contributed by atoms with Gasteiger partial charge in [0.25, 0.3) is 0 Å². The molecule has 4 heterocycles. The SMILES string of the molecule is NC[C@@H]1O[C@H](O[C@H]2[C@@H](O)[C@H](O[C@@H]3[C@@H](O)[C@H](N)C[C@H](N)[C@H]3O[C@H]3O[C@@H]4CO[C@@H](c5ccc(O)cc5)O[C@H]4[C@H](O)[C@H]3N)O[C@@H]2CO)[C@H](N)[C@@H](O)[C@@H]1O. The van der Waals surface area contributed by atoms with Crippen LogP contribution in [0.4, 0.5) is 0 Å². The fourth-order valence-electron chi connectivity index (χ4n) is 7.01. The summed E-state index contributed by atoms with van der Waals surface area (Å²) in [5.74, 6) is 0.0668. The Morgan fingerprint density at radius 1 is 0.660 bits per heavy atom. The van der Waals surface area contributed by atoms with E-state index in [2.05, 4.69) is 0 Å². The van der Waals surface area contributed by atoms with Crippen LogP contribution >= 0.6 is 0 Å². The predicted molar refractivity (Wildman–Crippen MR) is 165 cm³/mol. The topological polar surface area (TPSA) is 346 Å². The van der Waals surface area contributed by atoms with Crippen molar-refractivity contribution in [2.75, 3.05) is 19.8 Å². The van der Waals surface area contributed by atoms with Crippen LogP contribution in [0.3, 0.4) is 0 Å². The molecule has 284 valence electrons. The van der Waals surface area contributed by atoms with E-state index in [1.807, 2.05) is 0 Å². The largest absolute Gasteiger partial charge is 0.508 e. The number of phenols is 1. The minimum Gasteiger partial charge on any atom is -0.508 e. The van der Waals surface area contributed by atoms with Gasteiger partial charge in [0.15, 0.2) is 25.2 Å². The number of ether oxygens (including phenoxy) is 8. The maximum atomic E-state index is 11.3. The number of hydrogen-bond acceptors (Lipinski definition) is 20. The Morgan fingerprint density at radius 2 is 1.28 bits per heavy atom. The zero-order chi connectivity index (χ0) is 36.0. The molecule has 5 fully saturated rings. The van der Waals surface area contributed by atoms with Gasteiger partial charge in [0, 0.05) is 24.2 Å². The van der Waals surface area contributed by atoms with Gasteiger partial charge in [-0.2, -0.15) is 0 Å². The summed E-state index contributed by atoms with van der Waals surface area (Å²) in [7, 11) is 0. The first-order valence-electron chi connectivity index (χ1n) is 16.5. The molecule has 1 saturated carbocycles. The number of nitrogens with two attached hydrogens (primary N) is 5. The second kappa shape index (κ2) is 15.7. The molecule has 0 aromatic heterocycles. The molecule has 50 heavy (non-hydrogen) atoms. The van der Waals surface area contributed by atoms with E-state index in [0.717, 1.165) is 0 Å². The molecule has 1 aliphatic carbocycles. The van der Waals surface area contributed by atoms with Gasteiger partial charge in [0.1, 0.15) is 72.9 Å². The van der Waals surface area contributed by atoms with Gasteiger partial charge < -0.3 is 102 Å². The third-order valence-corrected chi connectivity index (χ3v) is 9.97. The van der Waals surface area contributed by atoms with Gasteiger partial charge in [-0.1, -0.05) is 12.1 Å². The van der Waals surface area contributed by atoms with Gasteiger partial charge in [-0.3, -0.25) is 0 Å². The van der Waals surface area contributed by atoms with Crippen molar-refractivity contribution in [3.63, 3.8) is 0 Å². The number of rotatable bonds is 9. The van der Waals surface area contributed by atoms with Crippen LogP contribution in [0, 0.1) is 0 Å². The van der Waals surface area contributed by atoms with Gasteiger partial charge in [-0.05, 0) is 18.6 Å².